The summed E-state index contributed by atoms with van der Waals surface area (Å²) in [5, 5.41) is 33.2. The second-order valence-electron chi connectivity index (χ2n) is 6.90. The van der Waals surface area contributed by atoms with Crippen LogP contribution in [0.2, 0.25) is 0 Å². The zero-order valence-electron chi connectivity index (χ0n) is 15.0. The Bertz CT molecular complexity index is 1070. The van der Waals surface area contributed by atoms with E-state index in [2.05, 4.69) is 48.5 Å². The van der Waals surface area contributed by atoms with E-state index in [9.17, 15) is 0 Å². The molecule has 4 heteroatoms. The van der Waals surface area contributed by atoms with Crippen LogP contribution in [0.4, 0.5) is 0 Å². The lowest BCUT2D eigenvalue weighted by Crippen LogP contribution is -2.02. The highest BCUT2D eigenvalue weighted by Crippen LogP contribution is 2.33. The minimum atomic E-state index is -0.409. The van der Waals surface area contributed by atoms with E-state index in [-0.39, 0.29) is 11.5 Å². The minimum Gasteiger partial charge on any atom is -0.507 e. The summed E-state index contributed by atoms with van der Waals surface area (Å²) in [5.74, 6) is -0.506. The summed E-state index contributed by atoms with van der Waals surface area (Å²) in [6.45, 7) is 0. The average molecular weight is 378 g/mol. The van der Waals surface area contributed by atoms with Gasteiger partial charge in [0, 0.05) is 5.41 Å². The van der Waals surface area contributed by atoms with Crippen LogP contribution in [0.1, 0.15) is 24.0 Å². The van der Waals surface area contributed by atoms with Crippen LogP contribution in [-0.2, 0) is 12.8 Å². The fraction of sp³-hybridized carbons (Fsp3) is 0.217. The molecule has 0 amide bonds. The average Bonchev–Trinajstić information content (AvgIpc) is 2.72. The summed E-state index contributed by atoms with van der Waals surface area (Å²) < 4.78 is 0. The van der Waals surface area contributed by atoms with Crippen LogP contribution in [-0.4, -0.2) is 21.1 Å². The largest absolute Gasteiger partial charge is 0.507 e. The van der Waals surface area contributed by atoms with Gasteiger partial charge in [-0.1, -0.05) is 48.5 Å². The Labute approximate surface area is 162 Å². The maximum absolute atomic E-state index is 8.76. The molecule has 0 atom stereocenters. The monoisotopic (exact) mass is 378 g/mol. The molecule has 1 aliphatic heterocycles. The van der Waals surface area contributed by atoms with Crippen LogP contribution in [0.3, 0.4) is 0 Å². The van der Waals surface area contributed by atoms with Gasteiger partial charge in [-0.05, 0) is 58.4 Å². The number of benzene rings is 3. The van der Waals surface area contributed by atoms with Gasteiger partial charge in [-0.25, -0.2) is 0 Å². The van der Waals surface area contributed by atoms with Crippen molar-refractivity contribution in [3.05, 3.63) is 82.3 Å². The van der Waals surface area contributed by atoms with Crippen molar-refractivity contribution in [2.45, 2.75) is 25.7 Å². The lowest BCUT2D eigenvalue weighted by Gasteiger charge is -2.18. The first-order valence-electron chi connectivity index (χ1n) is 9.19. The first kappa shape index (κ1) is 17.8. The van der Waals surface area contributed by atoms with Gasteiger partial charge in [0.15, 0.2) is 11.5 Å². The van der Waals surface area contributed by atoms with Gasteiger partial charge in [0.2, 0.25) is 0 Å². The highest BCUT2D eigenvalue weighted by molar-refractivity contribution is 8.02. The van der Waals surface area contributed by atoms with E-state index in [1.807, 2.05) is 0 Å². The molecule has 138 valence electrons. The number of aliphatic hydroxyl groups is 3. The highest BCUT2D eigenvalue weighted by atomic mass is 32.2. The van der Waals surface area contributed by atoms with Crippen molar-refractivity contribution in [1.82, 2.24) is 0 Å². The molecular weight excluding hydrogens is 356 g/mol. The zero-order valence-corrected chi connectivity index (χ0v) is 15.8. The van der Waals surface area contributed by atoms with Gasteiger partial charge >= 0.3 is 0 Å². The molecule has 0 fully saturated rings. The molecular formula is C23H22O3S. The molecule has 0 unspecified atom stereocenters. The third-order valence-electron chi connectivity index (χ3n) is 5.19. The Hall–Kier alpha value is -2.59. The smallest absolute Gasteiger partial charge is 0.197 e. The Kier molecular flexibility index (Phi) is 4.99. The van der Waals surface area contributed by atoms with Gasteiger partial charge in [-0.3, -0.25) is 0 Å². The van der Waals surface area contributed by atoms with Crippen LogP contribution >= 0.6 is 11.8 Å². The first-order valence-corrected chi connectivity index (χ1v) is 10.2. The molecule has 3 nitrogen and oxygen atoms in total. The van der Waals surface area contributed by atoms with Crippen LogP contribution in [0.25, 0.3) is 21.5 Å². The van der Waals surface area contributed by atoms with Crippen molar-refractivity contribution in [1.29, 1.82) is 0 Å². The molecule has 0 saturated heterocycles. The maximum Gasteiger partial charge on any atom is 0.197 e. The Morgan fingerprint density at radius 1 is 0.741 bits per heavy atom. The van der Waals surface area contributed by atoms with Gasteiger partial charge in [-0.15, -0.1) is 11.8 Å². The van der Waals surface area contributed by atoms with E-state index in [4.69, 9.17) is 15.3 Å². The summed E-state index contributed by atoms with van der Waals surface area (Å²) in [6, 6.07) is 18.0. The number of fused-ring (bicyclic) bond motifs is 5. The van der Waals surface area contributed by atoms with Crippen molar-refractivity contribution < 1.29 is 15.3 Å². The van der Waals surface area contributed by atoms with Gasteiger partial charge in [0.1, 0.15) is 5.76 Å². The fourth-order valence-corrected chi connectivity index (χ4v) is 4.46. The van der Waals surface area contributed by atoms with Crippen LogP contribution in [0.5, 0.6) is 0 Å². The fourth-order valence-electron chi connectivity index (χ4n) is 3.81. The first-order chi connectivity index (χ1) is 13.1. The van der Waals surface area contributed by atoms with Crippen molar-refractivity contribution in [2.24, 2.45) is 0 Å². The minimum absolute atomic E-state index is 0.167. The molecule has 0 bridgehead atoms. The molecule has 1 aliphatic carbocycles. The quantitative estimate of drug-likeness (QED) is 0.400. The number of hydrogen-bond acceptors (Lipinski definition) is 4. The highest BCUT2D eigenvalue weighted by Gasteiger charge is 2.13. The molecule has 27 heavy (non-hydrogen) atoms. The van der Waals surface area contributed by atoms with E-state index >= 15 is 0 Å². The molecule has 1 heterocycles. The summed E-state index contributed by atoms with van der Waals surface area (Å²) in [4.78, 5) is 0. The Balaban J connectivity index is 0.000000170. The molecule has 0 radical (unpaired) electrons. The third kappa shape index (κ3) is 3.50. The number of hydrogen-bond donors (Lipinski definition) is 3. The van der Waals surface area contributed by atoms with E-state index in [1.54, 1.807) is 11.1 Å². The molecule has 0 saturated carbocycles. The second-order valence-corrected chi connectivity index (χ2v) is 7.76. The molecule has 0 aromatic heterocycles. The zero-order chi connectivity index (χ0) is 18.8. The van der Waals surface area contributed by atoms with Crippen LogP contribution in [0, 0.1) is 0 Å². The summed E-state index contributed by atoms with van der Waals surface area (Å²) >= 11 is 1.23. The molecule has 5 rings (SSSR count). The lowest BCUT2D eigenvalue weighted by molar-refractivity contribution is 0.285. The molecule has 2 aliphatic rings. The number of aliphatic hydroxyl groups excluding tert-OH is 3. The summed E-state index contributed by atoms with van der Waals surface area (Å²) in [5.41, 5.74) is 3.17. The van der Waals surface area contributed by atoms with E-state index < -0.39 is 5.76 Å². The summed E-state index contributed by atoms with van der Waals surface area (Å²) in [7, 11) is 0. The van der Waals surface area contributed by atoms with Crippen molar-refractivity contribution in [2.75, 3.05) is 5.75 Å². The van der Waals surface area contributed by atoms with Crippen LogP contribution < -0.4 is 0 Å². The topological polar surface area (TPSA) is 60.7 Å². The second kappa shape index (κ2) is 7.57. The maximum atomic E-state index is 8.76. The van der Waals surface area contributed by atoms with E-state index in [0.717, 1.165) is 0 Å². The van der Waals surface area contributed by atoms with Crippen molar-refractivity contribution >= 4 is 33.3 Å². The predicted molar refractivity (Wildman–Crippen MR) is 114 cm³/mol. The Morgan fingerprint density at radius 3 is 2.33 bits per heavy atom. The van der Waals surface area contributed by atoms with Crippen LogP contribution in [0.15, 0.2) is 71.2 Å². The van der Waals surface area contributed by atoms with Crippen molar-refractivity contribution in [3.8, 4) is 0 Å². The molecule has 3 aromatic carbocycles. The van der Waals surface area contributed by atoms with Gasteiger partial charge in [-0.2, -0.15) is 0 Å². The molecule has 0 spiro atoms. The Morgan fingerprint density at radius 2 is 1.52 bits per heavy atom. The number of thioether (sulfide) groups is 1. The van der Waals surface area contributed by atoms with Gasteiger partial charge < -0.3 is 15.3 Å². The normalized spacial score (nSPS) is 16.5. The third-order valence-corrected chi connectivity index (χ3v) is 6.02. The van der Waals surface area contributed by atoms with Gasteiger partial charge in [0.05, 0.1) is 5.75 Å². The molecule has 3 N–H and O–H groups in total. The molecule has 3 aromatic rings. The van der Waals surface area contributed by atoms with E-state index in [1.165, 1.54) is 64.4 Å². The van der Waals surface area contributed by atoms with Gasteiger partial charge in [0.25, 0.3) is 0 Å². The number of rotatable bonds is 0. The lowest BCUT2D eigenvalue weighted by atomic mass is 9.86. The SMILES string of the molecule is OC1=CSCC(O)=C1O.c1ccc2c(c1)ccc1c3c(ccc12)CCCC3. The number of aryl methyl sites for hydroxylation is 2. The summed E-state index contributed by atoms with van der Waals surface area (Å²) in [6.07, 6.45) is 5.22. The predicted octanol–water partition coefficient (Wildman–Crippen LogP) is 6.33. The van der Waals surface area contributed by atoms with E-state index in [0.29, 0.717) is 5.75 Å². The standard InChI is InChI=1S/C18H16.C5H6O3S/c1-3-7-15-13(5-1)9-11-18-16-8-4-2-6-14(16)10-12-17(15)18;6-3-1-9-2-4(7)5(3)8/h1,3,5,7,9-12H,2,4,6,8H2;1,6-8H,2H2. The van der Waals surface area contributed by atoms with Crippen molar-refractivity contribution in [3.63, 3.8) is 0 Å².